The van der Waals surface area contributed by atoms with Gasteiger partial charge in [-0.25, -0.2) is 0 Å². The molecule has 0 aliphatic carbocycles. The van der Waals surface area contributed by atoms with Gasteiger partial charge in [0, 0.05) is 6.42 Å². The van der Waals surface area contributed by atoms with E-state index in [0.717, 1.165) is 25.0 Å². The highest BCUT2D eigenvalue weighted by atomic mass is 16.6. The summed E-state index contributed by atoms with van der Waals surface area (Å²) in [4.78, 5) is 11.5. The van der Waals surface area contributed by atoms with Crippen molar-refractivity contribution in [2.75, 3.05) is 6.61 Å². The maximum Gasteiger partial charge on any atom is 0.306 e. The predicted octanol–water partition coefficient (Wildman–Crippen LogP) is 3.58. The molecule has 18 heavy (non-hydrogen) atoms. The maximum atomic E-state index is 11.5. The molecule has 0 N–H and O–H groups in total. The van der Waals surface area contributed by atoms with Crippen molar-refractivity contribution in [3.63, 3.8) is 0 Å². The molecule has 1 rings (SSSR count). The van der Waals surface area contributed by atoms with Gasteiger partial charge in [-0.1, -0.05) is 38.0 Å². The smallest absolute Gasteiger partial charge is 0.306 e. The third kappa shape index (κ3) is 6.28. The van der Waals surface area contributed by atoms with Crippen LogP contribution in [-0.2, 0) is 9.53 Å². The summed E-state index contributed by atoms with van der Waals surface area (Å²) in [5.74, 6) is 0.666. The number of rotatable bonds is 8. The Labute approximate surface area is 109 Å². The van der Waals surface area contributed by atoms with Crippen molar-refractivity contribution < 1.29 is 14.3 Å². The number of ether oxygens (including phenoxy) is 2. The standard InChI is InChI=1S/C15H22O3/c1-3-4-6-11-15(16)18-13(2)12-17-14-9-7-5-8-10-14/h5,7-10,13H,3-4,6,11-12H2,1-2H3/t13-/m0/s1. The van der Waals surface area contributed by atoms with E-state index in [1.165, 1.54) is 0 Å². The van der Waals surface area contributed by atoms with Crippen LogP contribution in [0.3, 0.4) is 0 Å². The molecule has 0 unspecified atom stereocenters. The number of esters is 1. The summed E-state index contributed by atoms with van der Waals surface area (Å²) in [5, 5.41) is 0. The molecule has 0 amide bonds. The molecule has 0 aromatic heterocycles. The number of benzene rings is 1. The highest BCUT2D eigenvalue weighted by Crippen LogP contribution is 2.09. The molecule has 1 aromatic carbocycles. The zero-order valence-electron chi connectivity index (χ0n) is 11.2. The molecule has 1 aromatic rings. The summed E-state index contributed by atoms with van der Waals surface area (Å²) in [6.45, 7) is 4.35. The van der Waals surface area contributed by atoms with E-state index in [0.29, 0.717) is 13.0 Å². The van der Waals surface area contributed by atoms with Crippen LogP contribution >= 0.6 is 0 Å². The SMILES string of the molecule is CCCCCC(=O)O[C@@H](C)COc1ccccc1. The van der Waals surface area contributed by atoms with E-state index in [4.69, 9.17) is 9.47 Å². The number of hydrogen-bond donors (Lipinski definition) is 0. The van der Waals surface area contributed by atoms with E-state index in [-0.39, 0.29) is 12.1 Å². The van der Waals surface area contributed by atoms with Crippen molar-refractivity contribution >= 4 is 5.97 Å². The molecule has 0 aliphatic heterocycles. The summed E-state index contributed by atoms with van der Waals surface area (Å²) < 4.78 is 10.8. The van der Waals surface area contributed by atoms with Crippen LogP contribution < -0.4 is 4.74 Å². The minimum Gasteiger partial charge on any atom is -0.490 e. The van der Waals surface area contributed by atoms with Crippen LogP contribution in [-0.4, -0.2) is 18.7 Å². The third-order valence-electron chi connectivity index (χ3n) is 2.54. The predicted molar refractivity (Wildman–Crippen MR) is 71.6 cm³/mol. The first-order valence-electron chi connectivity index (χ1n) is 6.59. The first-order chi connectivity index (χ1) is 8.72. The van der Waals surface area contributed by atoms with Crippen molar-refractivity contribution in [2.45, 2.75) is 45.6 Å². The van der Waals surface area contributed by atoms with Gasteiger partial charge in [0.05, 0.1) is 0 Å². The average Bonchev–Trinajstić information content (AvgIpc) is 2.38. The van der Waals surface area contributed by atoms with Crippen molar-refractivity contribution in [1.29, 1.82) is 0 Å². The van der Waals surface area contributed by atoms with Gasteiger partial charge < -0.3 is 9.47 Å². The summed E-state index contributed by atoms with van der Waals surface area (Å²) in [7, 11) is 0. The molecule has 0 saturated carbocycles. The molecule has 0 bridgehead atoms. The molecule has 1 atom stereocenters. The van der Waals surface area contributed by atoms with Crippen LogP contribution in [0.1, 0.15) is 39.5 Å². The summed E-state index contributed by atoms with van der Waals surface area (Å²) in [6, 6.07) is 9.53. The van der Waals surface area contributed by atoms with Crippen LogP contribution in [0, 0.1) is 0 Å². The van der Waals surface area contributed by atoms with Crippen molar-refractivity contribution in [3.05, 3.63) is 30.3 Å². The van der Waals surface area contributed by atoms with Crippen LogP contribution in [0.25, 0.3) is 0 Å². The molecule has 0 radical (unpaired) electrons. The minimum absolute atomic E-state index is 0.132. The van der Waals surface area contributed by atoms with Gasteiger partial charge >= 0.3 is 5.97 Å². The molecule has 0 spiro atoms. The second-order valence-corrected chi connectivity index (χ2v) is 4.38. The quantitative estimate of drug-likeness (QED) is 0.522. The van der Waals surface area contributed by atoms with Crippen LogP contribution in [0.5, 0.6) is 5.75 Å². The van der Waals surface area contributed by atoms with E-state index >= 15 is 0 Å². The van der Waals surface area contributed by atoms with Gasteiger partial charge in [0.25, 0.3) is 0 Å². The molecule has 0 fully saturated rings. The summed E-state index contributed by atoms with van der Waals surface area (Å²) in [5.41, 5.74) is 0. The fraction of sp³-hybridized carbons (Fsp3) is 0.533. The fourth-order valence-electron chi connectivity index (χ4n) is 1.57. The number of carbonyl (C=O) groups excluding carboxylic acids is 1. The molecule has 3 nitrogen and oxygen atoms in total. The number of carbonyl (C=O) groups is 1. The average molecular weight is 250 g/mol. The van der Waals surface area contributed by atoms with Gasteiger partial charge in [0.15, 0.2) is 0 Å². The maximum absolute atomic E-state index is 11.5. The lowest BCUT2D eigenvalue weighted by molar-refractivity contribution is -0.149. The number of hydrogen-bond acceptors (Lipinski definition) is 3. The van der Waals surface area contributed by atoms with Crippen molar-refractivity contribution in [3.8, 4) is 5.75 Å². The molecule has 0 aliphatic rings. The Balaban J connectivity index is 2.17. The first kappa shape index (κ1) is 14.6. The van der Waals surface area contributed by atoms with E-state index in [1.807, 2.05) is 37.3 Å². The molecule has 100 valence electrons. The Hall–Kier alpha value is -1.51. The topological polar surface area (TPSA) is 35.5 Å². The molecule has 0 saturated heterocycles. The number of unbranched alkanes of at least 4 members (excludes halogenated alkanes) is 2. The Kier molecular flexibility index (Phi) is 6.92. The van der Waals surface area contributed by atoms with Gasteiger partial charge in [0.2, 0.25) is 0 Å². The summed E-state index contributed by atoms with van der Waals surface area (Å²) in [6.07, 6.45) is 3.38. The lowest BCUT2D eigenvalue weighted by atomic mass is 10.2. The van der Waals surface area contributed by atoms with Gasteiger partial charge in [-0.3, -0.25) is 4.79 Å². The van der Waals surface area contributed by atoms with Crippen molar-refractivity contribution in [1.82, 2.24) is 0 Å². The Morgan fingerprint density at radius 3 is 2.61 bits per heavy atom. The van der Waals surface area contributed by atoms with E-state index in [2.05, 4.69) is 6.92 Å². The normalized spacial score (nSPS) is 11.9. The first-order valence-corrected chi connectivity index (χ1v) is 6.59. The third-order valence-corrected chi connectivity index (χ3v) is 2.54. The second-order valence-electron chi connectivity index (χ2n) is 4.38. The van der Waals surface area contributed by atoms with Gasteiger partial charge in [-0.15, -0.1) is 0 Å². The highest BCUT2D eigenvalue weighted by molar-refractivity contribution is 5.69. The fourth-order valence-corrected chi connectivity index (χ4v) is 1.57. The summed E-state index contributed by atoms with van der Waals surface area (Å²) >= 11 is 0. The molecular formula is C15H22O3. The number of para-hydroxylation sites is 1. The molecule has 3 heteroatoms. The minimum atomic E-state index is -0.209. The molecule has 0 heterocycles. The zero-order chi connectivity index (χ0) is 13.2. The van der Waals surface area contributed by atoms with Crippen LogP contribution in [0.15, 0.2) is 30.3 Å². The lowest BCUT2D eigenvalue weighted by Gasteiger charge is -2.14. The lowest BCUT2D eigenvalue weighted by Crippen LogP contribution is -2.21. The van der Waals surface area contributed by atoms with E-state index in [1.54, 1.807) is 0 Å². The van der Waals surface area contributed by atoms with E-state index < -0.39 is 0 Å². The van der Waals surface area contributed by atoms with E-state index in [9.17, 15) is 4.79 Å². The highest BCUT2D eigenvalue weighted by Gasteiger charge is 2.09. The van der Waals surface area contributed by atoms with Gasteiger partial charge in [-0.2, -0.15) is 0 Å². The zero-order valence-corrected chi connectivity index (χ0v) is 11.2. The Morgan fingerprint density at radius 2 is 1.94 bits per heavy atom. The monoisotopic (exact) mass is 250 g/mol. The Morgan fingerprint density at radius 1 is 1.22 bits per heavy atom. The van der Waals surface area contributed by atoms with Crippen LogP contribution in [0.4, 0.5) is 0 Å². The van der Waals surface area contributed by atoms with Crippen LogP contribution in [0.2, 0.25) is 0 Å². The second kappa shape index (κ2) is 8.56. The van der Waals surface area contributed by atoms with Gasteiger partial charge in [0.1, 0.15) is 18.5 Å². The largest absolute Gasteiger partial charge is 0.490 e. The van der Waals surface area contributed by atoms with Crippen molar-refractivity contribution in [2.24, 2.45) is 0 Å². The molecular weight excluding hydrogens is 228 g/mol. The Bertz CT molecular complexity index is 335. The van der Waals surface area contributed by atoms with Gasteiger partial charge in [-0.05, 0) is 25.5 Å².